The van der Waals surface area contributed by atoms with E-state index in [0.717, 1.165) is 12.8 Å². The Morgan fingerprint density at radius 1 is 1.42 bits per heavy atom. The number of allylic oxidation sites excluding steroid dienone is 4. The first kappa shape index (κ1) is 15.0. The van der Waals surface area contributed by atoms with Gasteiger partial charge in [-0.05, 0) is 51.8 Å². The van der Waals surface area contributed by atoms with E-state index < -0.39 is 0 Å². The Morgan fingerprint density at radius 2 is 2.21 bits per heavy atom. The van der Waals surface area contributed by atoms with Gasteiger partial charge in [-0.1, -0.05) is 17.2 Å². The average molecular weight is 260 g/mol. The molecule has 19 heavy (non-hydrogen) atoms. The largest absolute Gasteiger partial charge is 0.459 e. The molecule has 0 saturated carbocycles. The molecule has 4 nitrogen and oxygen atoms in total. The first-order valence-electron chi connectivity index (χ1n) is 6.25. The second-order valence-electron chi connectivity index (χ2n) is 4.53. The molecule has 102 valence electrons. The van der Waals surface area contributed by atoms with Gasteiger partial charge in [0.2, 0.25) is 0 Å². The van der Waals surface area contributed by atoms with E-state index in [2.05, 4.69) is 30.5 Å². The quantitative estimate of drug-likeness (QED) is 0.482. The van der Waals surface area contributed by atoms with Gasteiger partial charge in [0.15, 0.2) is 5.76 Å². The molecule has 1 heterocycles. The van der Waals surface area contributed by atoms with Crippen molar-refractivity contribution in [2.45, 2.75) is 33.6 Å². The number of hydrazone groups is 1. The normalized spacial score (nSPS) is 11.6. The molecule has 0 aromatic carbocycles. The number of nitrogens with one attached hydrogen (secondary N) is 1. The Bertz CT molecular complexity index is 478. The fourth-order valence-electron chi connectivity index (χ4n) is 1.40. The summed E-state index contributed by atoms with van der Waals surface area (Å²) in [5.74, 6) is -0.0988. The maximum atomic E-state index is 11.5. The highest BCUT2D eigenvalue weighted by Crippen LogP contribution is 2.05. The van der Waals surface area contributed by atoms with E-state index >= 15 is 0 Å². The molecule has 0 aliphatic heterocycles. The van der Waals surface area contributed by atoms with Crippen LogP contribution in [-0.2, 0) is 0 Å². The van der Waals surface area contributed by atoms with E-state index in [0.29, 0.717) is 0 Å². The molecule has 0 bridgehead atoms. The number of hydrogen-bond donors (Lipinski definition) is 1. The summed E-state index contributed by atoms with van der Waals surface area (Å²) in [6.45, 7) is 6.22. The van der Waals surface area contributed by atoms with Crippen LogP contribution in [-0.4, -0.2) is 12.1 Å². The van der Waals surface area contributed by atoms with Gasteiger partial charge in [0.1, 0.15) is 0 Å². The third-order valence-corrected chi connectivity index (χ3v) is 2.44. The van der Waals surface area contributed by atoms with Crippen LogP contribution < -0.4 is 5.43 Å². The summed E-state index contributed by atoms with van der Waals surface area (Å²) < 4.78 is 4.94. The van der Waals surface area contributed by atoms with Gasteiger partial charge in [-0.25, -0.2) is 5.43 Å². The van der Waals surface area contributed by atoms with Gasteiger partial charge < -0.3 is 4.42 Å². The van der Waals surface area contributed by atoms with Crippen molar-refractivity contribution in [3.63, 3.8) is 0 Å². The summed E-state index contributed by atoms with van der Waals surface area (Å²) in [5, 5.41) is 3.83. The van der Waals surface area contributed by atoms with Crippen molar-refractivity contribution in [1.29, 1.82) is 0 Å². The van der Waals surface area contributed by atoms with Crippen molar-refractivity contribution in [2.24, 2.45) is 5.10 Å². The van der Waals surface area contributed by atoms with Crippen LogP contribution in [0.5, 0.6) is 0 Å². The molecule has 1 amide bonds. The van der Waals surface area contributed by atoms with Gasteiger partial charge in [-0.3, -0.25) is 4.79 Å². The molecule has 4 heteroatoms. The Kier molecular flexibility index (Phi) is 6.36. The molecule has 0 radical (unpaired) electrons. The van der Waals surface area contributed by atoms with Crippen molar-refractivity contribution in [2.75, 3.05) is 0 Å². The van der Waals surface area contributed by atoms with Gasteiger partial charge in [-0.15, -0.1) is 0 Å². The van der Waals surface area contributed by atoms with Crippen LogP contribution in [0.3, 0.4) is 0 Å². The molecule has 1 rings (SSSR count). The monoisotopic (exact) mass is 260 g/mol. The van der Waals surface area contributed by atoms with Crippen LogP contribution in [0.4, 0.5) is 0 Å². The molecule has 0 aliphatic carbocycles. The highest BCUT2D eigenvalue weighted by atomic mass is 16.3. The summed E-state index contributed by atoms with van der Waals surface area (Å²) >= 11 is 0. The zero-order chi connectivity index (χ0) is 14.1. The highest BCUT2D eigenvalue weighted by Gasteiger charge is 2.05. The third-order valence-electron chi connectivity index (χ3n) is 2.44. The summed E-state index contributed by atoms with van der Waals surface area (Å²) in [7, 11) is 0. The smallest absolute Gasteiger partial charge is 0.307 e. The highest BCUT2D eigenvalue weighted by molar-refractivity contribution is 5.91. The first-order valence-corrected chi connectivity index (χ1v) is 6.25. The Morgan fingerprint density at radius 3 is 2.84 bits per heavy atom. The van der Waals surface area contributed by atoms with Crippen molar-refractivity contribution >= 4 is 12.1 Å². The number of nitrogens with zero attached hydrogens (tertiary/aromatic N) is 1. The second kappa shape index (κ2) is 8.08. The third kappa shape index (κ3) is 6.41. The maximum Gasteiger partial charge on any atom is 0.307 e. The molecular formula is C15H20N2O2. The summed E-state index contributed by atoms with van der Waals surface area (Å²) in [5.41, 5.74) is 4.94. The summed E-state index contributed by atoms with van der Waals surface area (Å²) in [6, 6.07) is 3.25. The van der Waals surface area contributed by atoms with E-state index in [1.165, 1.54) is 17.4 Å². The molecule has 0 fully saturated rings. The SMILES string of the molecule is CC(C)=CCC/C(C)=C\C=N/NC(=O)c1ccco1. The van der Waals surface area contributed by atoms with Gasteiger partial charge in [0.05, 0.1) is 6.26 Å². The topological polar surface area (TPSA) is 54.6 Å². The number of carbonyl (C=O) groups excluding carboxylic acids is 1. The molecule has 1 aromatic rings. The predicted octanol–water partition coefficient (Wildman–Crippen LogP) is 3.69. The molecular weight excluding hydrogens is 240 g/mol. The lowest BCUT2D eigenvalue weighted by molar-refractivity contribution is 0.0927. The van der Waals surface area contributed by atoms with Crippen LogP contribution in [0, 0.1) is 0 Å². The standard InChI is InChI=1S/C15H20N2O2/c1-12(2)6-4-7-13(3)9-10-16-17-15(18)14-8-5-11-19-14/h5-6,8-11H,4,7H2,1-3H3,(H,17,18)/b13-9-,16-10-. The fourth-order valence-corrected chi connectivity index (χ4v) is 1.40. The number of hydrogen-bond acceptors (Lipinski definition) is 3. The lowest BCUT2D eigenvalue weighted by atomic mass is 10.1. The van der Waals surface area contributed by atoms with Crippen molar-refractivity contribution in [1.82, 2.24) is 5.43 Å². The molecule has 1 aromatic heterocycles. The van der Waals surface area contributed by atoms with Crippen LogP contribution in [0.25, 0.3) is 0 Å². The van der Waals surface area contributed by atoms with Crippen molar-refractivity contribution in [3.05, 3.63) is 47.5 Å². The first-order chi connectivity index (χ1) is 9.09. The maximum absolute atomic E-state index is 11.5. The minimum atomic E-state index is -0.350. The molecule has 0 aliphatic rings. The number of amides is 1. The fraction of sp³-hybridized carbons (Fsp3) is 0.333. The van der Waals surface area contributed by atoms with E-state index in [1.54, 1.807) is 18.3 Å². The minimum absolute atomic E-state index is 0.251. The predicted molar refractivity (Wildman–Crippen MR) is 77.1 cm³/mol. The Labute approximate surface area is 113 Å². The summed E-state index contributed by atoms with van der Waals surface area (Å²) in [4.78, 5) is 11.5. The van der Waals surface area contributed by atoms with Crippen LogP contribution in [0.2, 0.25) is 0 Å². The van der Waals surface area contributed by atoms with Crippen LogP contribution in [0.15, 0.2) is 51.2 Å². The molecule has 1 N–H and O–H groups in total. The van der Waals surface area contributed by atoms with Gasteiger partial charge in [0, 0.05) is 6.21 Å². The van der Waals surface area contributed by atoms with Crippen LogP contribution in [0.1, 0.15) is 44.2 Å². The lowest BCUT2D eigenvalue weighted by Crippen LogP contribution is -2.16. The van der Waals surface area contributed by atoms with Gasteiger partial charge in [-0.2, -0.15) is 5.10 Å². The number of rotatable bonds is 6. The Hall–Kier alpha value is -2.10. The summed E-state index contributed by atoms with van der Waals surface area (Å²) in [6.07, 6.45) is 9.14. The number of carbonyl (C=O) groups is 1. The van der Waals surface area contributed by atoms with E-state index in [9.17, 15) is 4.79 Å². The molecule has 0 saturated heterocycles. The molecule has 0 spiro atoms. The van der Waals surface area contributed by atoms with Crippen molar-refractivity contribution < 1.29 is 9.21 Å². The van der Waals surface area contributed by atoms with E-state index in [1.807, 2.05) is 13.0 Å². The second-order valence-corrected chi connectivity index (χ2v) is 4.53. The zero-order valence-corrected chi connectivity index (χ0v) is 11.6. The van der Waals surface area contributed by atoms with Crippen molar-refractivity contribution in [3.8, 4) is 0 Å². The minimum Gasteiger partial charge on any atom is -0.459 e. The zero-order valence-electron chi connectivity index (χ0n) is 11.6. The Balaban J connectivity index is 2.32. The average Bonchev–Trinajstić information content (AvgIpc) is 2.87. The van der Waals surface area contributed by atoms with E-state index in [4.69, 9.17) is 4.42 Å². The lowest BCUT2D eigenvalue weighted by Gasteiger charge is -1.97. The van der Waals surface area contributed by atoms with Gasteiger partial charge >= 0.3 is 5.91 Å². The van der Waals surface area contributed by atoms with Crippen LogP contribution >= 0.6 is 0 Å². The van der Waals surface area contributed by atoms with E-state index in [-0.39, 0.29) is 11.7 Å². The molecule has 0 unspecified atom stereocenters. The molecule has 0 atom stereocenters. The number of furan rings is 1. The van der Waals surface area contributed by atoms with Gasteiger partial charge in [0.25, 0.3) is 0 Å².